The van der Waals surface area contributed by atoms with Crippen molar-refractivity contribution in [3.05, 3.63) is 80.4 Å². The van der Waals surface area contributed by atoms with Crippen LogP contribution in [0.3, 0.4) is 0 Å². The number of hydrogen-bond acceptors (Lipinski definition) is 5. The average molecular weight is 324 g/mol. The Kier molecular flexibility index (Phi) is 4.24. The van der Waals surface area contributed by atoms with Gasteiger partial charge in [0, 0.05) is 29.6 Å². The first-order chi connectivity index (χ1) is 11.6. The van der Waals surface area contributed by atoms with Crippen molar-refractivity contribution in [1.29, 1.82) is 0 Å². The number of benzene rings is 1. The average Bonchev–Trinajstić information content (AvgIpc) is 2.59. The van der Waals surface area contributed by atoms with Crippen LogP contribution in [0.4, 0.5) is 11.4 Å². The molecule has 3 aromatic rings. The van der Waals surface area contributed by atoms with E-state index in [1.165, 1.54) is 16.5 Å². The zero-order valence-corrected chi connectivity index (χ0v) is 13.1. The summed E-state index contributed by atoms with van der Waals surface area (Å²) in [5.74, 6) is 0. The minimum Gasteiger partial charge on any atom is -0.379 e. The summed E-state index contributed by atoms with van der Waals surface area (Å²) in [6, 6.07) is 11.8. The van der Waals surface area contributed by atoms with E-state index in [9.17, 15) is 14.9 Å². The number of pyridine rings is 1. The standard InChI is InChI=1S/C17H16N4O3/c1-2-12-6-7-13(9-15(12)21(23)24)18-11-14-10-17(22)20-8-4-3-5-16(20)19-14/h3-10,18H,2,11H2,1H3. The largest absolute Gasteiger partial charge is 0.379 e. The Morgan fingerprint density at radius 1 is 1.25 bits per heavy atom. The minimum absolute atomic E-state index is 0.0917. The van der Waals surface area contributed by atoms with Crippen molar-refractivity contribution < 1.29 is 4.92 Å². The predicted molar refractivity (Wildman–Crippen MR) is 91.3 cm³/mol. The Bertz CT molecular complexity index is 965. The van der Waals surface area contributed by atoms with Crippen molar-refractivity contribution in [3.8, 4) is 0 Å². The monoisotopic (exact) mass is 324 g/mol. The molecule has 0 radical (unpaired) electrons. The lowest BCUT2D eigenvalue weighted by Gasteiger charge is -2.08. The van der Waals surface area contributed by atoms with Gasteiger partial charge in [0.15, 0.2) is 0 Å². The summed E-state index contributed by atoms with van der Waals surface area (Å²) >= 11 is 0. The van der Waals surface area contributed by atoms with E-state index < -0.39 is 0 Å². The predicted octanol–water partition coefficient (Wildman–Crippen LogP) is 2.78. The number of nitro benzene ring substituents is 1. The van der Waals surface area contributed by atoms with Crippen LogP contribution in [0, 0.1) is 10.1 Å². The Morgan fingerprint density at radius 2 is 2.08 bits per heavy atom. The minimum atomic E-state index is -0.384. The smallest absolute Gasteiger partial charge is 0.274 e. The molecule has 1 N–H and O–H groups in total. The first kappa shape index (κ1) is 15.7. The second kappa shape index (κ2) is 6.49. The molecule has 0 saturated carbocycles. The summed E-state index contributed by atoms with van der Waals surface area (Å²) in [5, 5.41) is 14.2. The van der Waals surface area contributed by atoms with E-state index in [4.69, 9.17) is 0 Å². The molecule has 0 aliphatic heterocycles. The van der Waals surface area contributed by atoms with E-state index in [-0.39, 0.29) is 16.2 Å². The van der Waals surface area contributed by atoms with E-state index in [1.54, 1.807) is 30.5 Å². The number of aryl methyl sites for hydroxylation is 1. The van der Waals surface area contributed by atoms with Gasteiger partial charge in [-0.15, -0.1) is 0 Å². The fraction of sp³-hybridized carbons (Fsp3) is 0.176. The third-order valence-corrected chi connectivity index (χ3v) is 3.76. The van der Waals surface area contributed by atoms with Crippen LogP contribution >= 0.6 is 0 Å². The van der Waals surface area contributed by atoms with Gasteiger partial charge in [-0.05, 0) is 24.6 Å². The molecule has 0 bridgehead atoms. The number of fused-ring (bicyclic) bond motifs is 1. The van der Waals surface area contributed by atoms with Crippen LogP contribution < -0.4 is 10.9 Å². The van der Waals surface area contributed by atoms with Crippen molar-refractivity contribution in [2.24, 2.45) is 0 Å². The molecule has 0 unspecified atom stereocenters. The molecule has 0 aliphatic carbocycles. The fourth-order valence-corrected chi connectivity index (χ4v) is 2.53. The molecule has 1 aromatic carbocycles. The normalized spacial score (nSPS) is 10.7. The molecule has 0 spiro atoms. The molecule has 0 amide bonds. The summed E-state index contributed by atoms with van der Waals surface area (Å²) in [7, 11) is 0. The van der Waals surface area contributed by atoms with Crippen LogP contribution in [0.15, 0.2) is 53.5 Å². The first-order valence-electron chi connectivity index (χ1n) is 7.57. The van der Waals surface area contributed by atoms with E-state index in [2.05, 4.69) is 10.3 Å². The molecular formula is C17H16N4O3. The maximum atomic E-state index is 12.0. The van der Waals surface area contributed by atoms with Crippen molar-refractivity contribution in [3.63, 3.8) is 0 Å². The topological polar surface area (TPSA) is 89.5 Å². The van der Waals surface area contributed by atoms with Crippen LogP contribution in [-0.4, -0.2) is 14.3 Å². The number of nitrogens with zero attached hydrogens (tertiary/aromatic N) is 3. The van der Waals surface area contributed by atoms with Gasteiger partial charge in [-0.1, -0.05) is 19.1 Å². The van der Waals surface area contributed by atoms with Gasteiger partial charge in [0.1, 0.15) is 5.65 Å². The number of anilines is 1. The molecular weight excluding hydrogens is 308 g/mol. The molecule has 7 heteroatoms. The van der Waals surface area contributed by atoms with Gasteiger partial charge in [-0.25, -0.2) is 4.98 Å². The number of nitrogens with one attached hydrogen (secondary N) is 1. The van der Waals surface area contributed by atoms with E-state index in [1.807, 2.05) is 13.0 Å². The fourth-order valence-electron chi connectivity index (χ4n) is 2.53. The summed E-state index contributed by atoms with van der Waals surface area (Å²) in [6.07, 6.45) is 2.26. The van der Waals surface area contributed by atoms with Gasteiger partial charge in [-0.3, -0.25) is 19.3 Å². The molecule has 7 nitrogen and oxygen atoms in total. The molecule has 3 rings (SSSR count). The number of rotatable bonds is 5. The Labute approximate surface area is 137 Å². The third-order valence-electron chi connectivity index (χ3n) is 3.76. The second-order valence-corrected chi connectivity index (χ2v) is 5.32. The number of hydrogen-bond donors (Lipinski definition) is 1. The highest BCUT2D eigenvalue weighted by atomic mass is 16.6. The van der Waals surface area contributed by atoms with Crippen LogP contribution in [0.25, 0.3) is 5.65 Å². The van der Waals surface area contributed by atoms with Crippen molar-refractivity contribution in [1.82, 2.24) is 9.38 Å². The zero-order chi connectivity index (χ0) is 17.1. The van der Waals surface area contributed by atoms with Gasteiger partial charge in [0.25, 0.3) is 11.2 Å². The highest BCUT2D eigenvalue weighted by molar-refractivity contribution is 5.55. The molecule has 122 valence electrons. The van der Waals surface area contributed by atoms with Crippen LogP contribution in [-0.2, 0) is 13.0 Å². The van der Waals surface area contributed by atoms with Crippen LogP contribution in [0.1, 0.15) is 18.2 Å². The molecule has 0 atom stereocenters. The maximum absolute atomic E-state index is 12.0. The Balaban J connectivity index is 1.85. The summed E-state index contributed by atoms with van der Waals surface area (Å²) in [5.41, 5.74) is 2.38. The SMILES string of the molecule is CCc1ccc(NCc2cc(=O)n3ccccc3n2)cc1[N+](=O)[O-]. The molecule has 24 heavy (non-hydrogen) atoms. The highest BCUT2D eigenvalue weighted by Crippen LogP contribution is 2.23. The second-order valence-electron chi connectivity index (χ2n) is 5.32. The summed E-state index contributed by atoms with van der Waals surface area (Å²) in [4.78, 5) is 27.2. The lowest BCUT2D eigenvalue weighted by atomic mass is 10.1. The lowest BCUT2D eigenvalue weighted by molar-refractivity contribution is -0.385. The van der Waals surface area contributed by atoms with Crippen LogP contribution in [0.5, 0.6) is 0 Å². The van der Waals surface area contributed by atoms with Gasteiger partial charge in [-0.2, -0.15) is 0 Å². The first-order valence-corrected chi connectivity index (χ1v) is 7.57. The van der Waals surface area contributed by atoms with Gasteiger partial charge < -0.3 is 5.32 Å². The molecule has 0 aliphatic rings. The maximum Gasteiger partial charge on any atom is 0.274 e. The lowest BCUT2D eigenvalue weighted by Crippen LogP contribution is -2.16. The molecule has 0 saturated heterocycles. The molecule has 0 fully saturated rings. The van der Waals surface area contributed by atoms with E-state index >= 15 is 0 Å². The van der Waals surface area contributed by atoms with Crippen LogP contribution in [0.2, 0.25) is 0 Å². The van der Waals surface area contributed by atoms with E-state index in [0.717, 1.165) is 0 Å². The summed E-state index contributed by atoms with van der Waals surface area (Å²) in [6.45, 7) is 2.19. The van der Waals surface area contributed by atoms with Gasteiger partial charge in [0.05, 0.1) is 17.2 Å². The quantitative estimate of drug-likeness (QED) is 0.576. The van der Waals surface area contributed by atoms with Crippen molar-refractivity contribution >= 4 is 17.0 Å². The third kappa shape index (κ3) is 3.10. The van der Waals surface area contributed by atoms with Crippen molar-refractivity contribution in [2.75, 3.05) is 5.32 Å². The molecule has 2 heterocycles. The number of nitro groups is 1. The zero-order valence-electron chi connectivity index (χ0n) is 13.1. The van der Waals surface area contributed by atoms with Gasteiger partial charge in [0.2, 0.25) is 0 Å². The Morgan fingerprint density at radius 3 is 2.83 bits per heavy atom. The van der Waals surface area contributed by atoms with Gasteiger partial charge >= 0.3 is 0 Å². The van der Waals surface area contributed by atoms with E-state index in [0.29, 0.717) is 35.6 Å². The molecule has 2 aromatic heterocycles. The number of aromatic nitrogens is 2. The summed E-state index contributed by atoms with van der Waals surface area (Å²) < 4.78 is 1.46. The Hall–Kier alpha value is -3.22. The highest BCUT2D eigenvalue weighted by Gasteiger charge is 2.13. The van der Waals surface area contributed by atoms with Crippen molar-refractivity contribution in [2.45, 2.75) is 19.9 Å².